The van der Waals surface area contributed by atoms with Crippen LogP contribution < -0.4 is 15.1 Å². The van der Waals surface area contributed by atoms with Crippen molar-refractivity contribution < 1.29 is 0 Å². The summed E-state index contributed by atoms with van der Waals surface area (Å²) in [6.07, 6.45) is 0. The van der Waals surface area contributed by atoms with E-state index >= 15 is 0 Å². The zero-order valence-corrected chi connectivity index (χ0v) is 17.5. The molecule has 2 aromatic carbocycles. The van der Waals surface area contributed by atoms with E-state index in [0.717, 1.165) is 48.3 Å². The second kappa shape index (κ2) is 8.20. The topological polar surface area (TPSA) is 34.6 Å². The van der Waals surface area contributed by atoms with Crippen LogP contribution in [-0.4, -0.2) is 57.2 Å². The van der Waals surface area contributed by atoms with Gasteiger partial charge < -0.3 is 20.0 Å². The van der Waals surface area contributed by atoms with Crippen molar-refractivity contribution in [2.75, 3.05) is 62.4 Å². The first-order valence-electron chi connectivity index (χ1n) is 9.62. The number of hydrogen-bond donors (Lipinski definition) is 1. The van der Waals surface area contributed by atoms with Crippen molar-refractivity contribution in [1.82, 2.24) is 9.88 Å². The first-order chi connectivity index (χ1) is 13.6. The highest BCUT2D eigenvalue weighted by Gasteiger charge is 2.14. The molecule has 1 N–H and O–H groups in total. The normalized spacial score (nSPS) is 14.9. The van der Waals surface area contributed by atoms with Crippen LogP contribution in [0.4, 0.5) is 22.2 Å². The molecule has 1 aromatic heterocycles. The highest BCUT2D eigenvalue weighted by Crippen LogP contribution is 2.29. The summed E-state index contributed by atoms with van der Waals surface area (Å²) < 4.78 is 0. The van der Waals surface area contributed by atoms with Crippen molar-refractivity contribution in [3.05, 3.63) is 53.9 Å². The van der Waals surface area contributed by atoms with Crippen LogP contribution in [0.25, 0.3) is 11.3 Å². The third kappa shape index (κ3) is 4.29. The van der Waals surface area contributed by atoms with Gasteiger partial charge in [-0.05, 0) is 43.4 Å². The molecule has 146 valence electrons. The Labute approximate surface area is 171 Å². The second-order valence-electron chi connectivity index (χ2n) is 7.44. The number of nitrogens with zero attached hydrogens (tertiary/aromatic N) is 4. The van der Waals surface area contributed by atoms with Gasteiger partial charge in [-0.3, -0.25) is 0 Å². The third-order valence-corrected chi connectivity index (χ3v) is 5.93. The lowest BCUT2D eigenvalue weighted by molar-refractivity contribution is 0.313. The van der Waals surface area contributed by atoms with Crippen molar-refractivity contribution in [3.8, 4) is 11.3 Å². The average molecular weight is 394 g/mol. The number of piperazine rings is 1. The monoisotopic (exact) mass is 393 g/mol. The lowest BCUT2D eigenvalue weighted by atomic mass is 10.1. The molecule has 0 aliphatic carbocycles. The van der Waals surface area contributed by atoms with E-state index in [1.807, 2.05) is 14.1 Å². The molecular formula is C22H27N5S. The van der Waals surface area contributed by atoms with E-state index in [1.165, 1.54) is 11.4 Å². The van der Waals surface area contributed by atoms with Crippen LogP contribution in [0.5, 0.6) is 0 Å². The molecule has 28 heavy (non-hydrogen) atoms. The summed E-state index contributed by atoms with van der Waals surface area (Å²) in [7, 11) is 6.28. The first-order valence-corrected chi connectivity index (χ1v) is 10.5. The Balaban J connectivity index is 1.42. The maximum Gasteiger partial charge on any atom is 0.187 e. The highest BCUT2D eigenvalue weighted by atomic mass is 32.1. The molecule has 1 saturated heterocycles. The van der Waals surface area contributed by atoms with Crippen molar-refractivity contribution in [3.63, 3.8) is 0 Å². The minimum atomic E-state index is 0.913. The molecule has 1 aliphatic heterocycles. The predicted octanol–water partition coefficient (Wildman–Crippen LogP) is 4.37. The van der Waals surface area contributed by atoms with Gasteiger partial charge in [0, 0.05) is 68.3 Å². The van der Waals surface area contributed by atoms with E-state index in [4.69, 9.17) is 4.98 Å². The number of anilines is 4. The van der Waals surface area contributed by atoms with E-state index in [9.17, 15) is 0 Å². The maximum absolute atomic E-state index is 4.76. The maximum atomic E-state index is 4.76. The van der Waals surface area contributed by atoms with Gasteiger partial charge in [-0.15, -0.1) is 11.3 Å². The number of rotatable bonds is 5. The van der Waals surface area contributed by atoms with Gasteiger partial charge in [0.25, 0.3) is 0 Å². The Hall–Kier alpha value is -2.57. The van der Waals surface area contributed by atoms with Crippen LogP contribution in [0.3, 0.4) is 0 Å². The summed E-state index contributed by atoms with van der Waals surface area (Å²) in [5.74, 6) is 0. The van der Waals surface area contributed by atoms with Crippen molar-refractivity contribution in [1.29, 1.82) is 0 Å². The Morgan fingerprint density at radius 3 is 2.25 bits per heavy atom. The fraction of sp³-hybridized carbons (Fsp3) is 0.318. The van der Waals surface area contributed by atoms with Gasteiger partial charge in [-0.1, -0.05) is 12.1 Å². The number of benzene rings is 2. The molecule has 0 saturated carbocycles. The van der Waals surface area contributed by atoms with E-state index in [2.05, 4.69) is 81.0 Å². The predicted molar refractivity (Wildman–Crippen MR) is 121 cm³/mol. The smallest absolute Gasteiger partial charge is 0.187 e. The second-order valence-corrected chi connectivity index (χ2v) is 8.30. The molecule has 1 fully saturated rings. The highest BCUT2D eigenvalue weighted by molar-refractivity contribution is 7.14. The molecular weight excluding hydrogens is 366 g/mol. The van der Waals surface area contributed by atoms with Gasteiger partial charge in [0.1, 0.15) is 0 Å². The van der Waals surface area contributed by atoms with Gasteiger partial charge in [0.2, 0.25) is 0 Å². The van der Waals surface area contributed by atoms with E-state index in [1.54, 1.807) is 11.3 Å². The van der Waals surface area contributed by atoms with Gasteiger partial charge in [0.15, 0.2) is 5.13 Å². The average Bonchev–Trinajstić information content (AvgIpc) is 3.18. The van der Waals surface area contributed by atoms with E-state index in [-0.39, 0.29) is 0 Å². The van der Waals surface area contributed by atoms with E-state index < -0.39 is 0 Å². The molecule has 5 nitrogen and oxygen atoms in total. The fourth-order valence-corrected chi connectivity index (χ4v) is 4.08. The summed E-state index contributed by atoms with van der Waals surface area (Å²) in [6, 6.07) is 17.2. The quantitative estimate of drug-likeness (QED) is 0.696. The van der Waals surface area contributed by atoms with Crippen LogP contribution in [0.15, 0.2) is 53.9 Å². The zero-order chi connectivity index (χ0) is 19.5. The number of thiazole rings is 1. The molecule has 0 amide bonds. The molecule has 0 spiro atoms. The number of hydrogen-bond acceptors (Lipinski definition) is 6. The van der Waals surface area contributed by atoms with Gasteiger partial charge in [-0.25, -0.2) is 4.98 Å². The molecule has 3 aromatic rings. The van der Waals surface area contributed by atoms with Gasteiger partial charge in [0.05, 0.1) is 5.69 Å². The SMILES string of the molecule is CN1CCN(c2ccc(-c3csc(Nc4ccc(N(C)C)cc4)n3)cc2)CC1. The largest absolute Gasteiger partial charge is 0.378 e. The standard InChI is InChI=1S/C22H27N5S/c1-25(2)19-10-6-18(7-11-19)23-22-24-21(16-28-22)17-4-8-20(9-5-17)27-14-12-26(3)13-15-27/h4-11,16H,12-15H2,1-3H3,(H,23,24). The van der Waals surface area contributed by atoms with Crippen LogP contribution in [0, 0.1) is 0 Å². The third-order valence-electron chi connectivity index (χ3n) is 5.17. The molecule has 6 heteroatoms. The van der Waals surface area contributed by atoms with Gasteiger partial charge in [-0.2, -0.15) is 0 Å². The minimum Gasteiger partial charge on any atom is -0.378 e. The van der Waals surface area contributed by atoms with E-state index in [0.29, 0.717) is 0 Å². The van der Waals surface area contributed by atoms with Crippen LogP contribution >= 0.6 is 11.3 Å². The van der Waals surface area contributed by atoms with Crippen LogP contribution in [-0.2, 0) is 0 Å². The van der Waals surface area contributed by atoms with Crippen LogP contribution in [0.2, 0.25) is 0 Å². The Bertz CT molecular complexity index is 893. The summed E-state index contributed by atoms with van der Waals surface area (Å²) in [4.78, 5) is 11.7. The molecule has 0 unspecified atom stereocenters. The summed E-state index contributed by atoms with van der Waals surface area (Å²) in [6.45, 7) is 4.43. The summed E-state index contributed by atoms with van der Waals surface area (Å²) >= 11 is 1.63. The van der Waals surface area contributed by atoms with Crippen LogP contribution in [0.1, 0.15) is 0 Å². The lowest BCUT2D eigenvalue weighted by Gasteiger charge is -2.34. The molecule has 0 atom stereocenters. The summed E-state index contributed by atoms with van der Waals surface area (Å²) in [5.41, 5.74) is 5.71. The molecule has 0 radical (unpaired) electrons. The molecule has 2 heterocycles. The van der Waals surface area contributed by atoms with Gasteiger partial charge >= 0.3 is 0 Å². The summed E-state index contributed by atoms with van der Waals surface area (Å²) in [5, 5.41) is 6.43. The van der Waals surface area contributed by atoms with Crippen molar-refractivity contribution in [2.45, 2.75) is 0 Å². The fourth-order valence-electron chi connectivity index (χ4n) is 3.34. The number of likely N-dealkylation sites (N-methyl/N-ethyl adjacent to an activating group) is 1. The minimum absolute atomic E-state index is 0.913. The first kappa shape index (κ1) is 18.8. The Kier molecular flexibility index (Phi) is 5.50. The molecule has 0 bridgehead atoms. The number of aromatic nitrogens is 1. The molecule has 4 rings (SSSR count). The molecule has 1 aliphatic rings. The lowest BCUT2D eigenvalue weighted by Crippen LogP contribution is -2.44. The van der Waals surface area contributed by atoms with Crippen molar-refractivity contribution >= 4 is 33.5 Å². The zero-order valence-electron chi connectivity index (χ0n) is 16.7. The Morgan fingerprint density at radius 2 is 1.61 bits per heavy atom. The Morgan fingerprint density at radius 1 is 0.929 bits per heavy atom. The number of nitrogens with one attached hydrogen (secondary N) is 1. The van der Waals surface area contributed by atoms with Crippen molar-refractivity contribution in [2.24, 2.45) is 0 Å².